The Morgan fingerprint density at radius 1 is 1.18 bits per heavy atom. The molecular formula is C13H14N6O3. The maximum Gasteiger partial charge on any atom is 0.351 e. The number of non-ortho nitro benzene ring substituents is 1. The van der Waals surface area contributed by atoms with Gasteiger partial charge >= 0.3 is 5.69 Å². The quantitative estimate of drug-likeness (QED) is 0.647. The maximum atomic E-state index is 11.6. The number of hydrogen-bond acceptors (Lipinski definition) is 7. The zero-order valence-corrected chi connectivity index (χ0v) is 11.7. The normalized spacial score (nSPS) is 14.1. The number of benzene rings is 1. The van der Waals surface area contributed by atoms with E-state index in [-0.39, 0.29) is 11.6 Å². The highest BCUT2D eigenvalue weighted by atomic mass is 16.6. The minimum absolute atomic E-state index is 0.000475. The summed E-state index contributed by atoms with van der Waals surface area (Å²) in [6, 6.07) is 5.86. The predicted octanol–water partition coefficient (Wildman–Crippen LogP) is 1.42. The summed E-state index contributed by atoms with van der Waals surface area (Å²) in [7, 11) is 0. The van der Waals surface area contributed by atoms with E-state index in [1.807, 2.05) is 4.90 Å². The van der Waals surface area contributed by atoms with E-state index in [1.54, 1.807) is 12.1 Å². The molecule has 2 aromatic rings. The largest absolute Gasteiger partial charge is 0.351 e. The van der Waals surface area contributed by atoms with Gasteiger partial charge in [-0.1, -0.05) is 0 Å². The summed E-state index contributed by atoms with van der Waals surface area (Å²) in [5.74, 6) is 0.654. The molecule has 0 unspecified atom stereocenters. The third kappa shape index (κ3) is 3.03. The molecule has 0 spiro atoms. The van der Waals surface area contributed by atoms with Crippen LogP contribution >= 0.6 is 0 Å². The Balaban J connectivity index is 1.82. The van der Waals surface area contributed by atoms with Crippen molar-refractivity contribution in [2.75, 3.05) is 23.3 Å². The molecule has 9 nitrogen and oxygen atoms in total. The van der Waals surface area contributed by atoms with Gasteiger partial charge in [0.1, 0.15) is 0 Å². The molecule has 1 aliphatic rings. The molecule has 0 amide bonds. The molecule has 1 aliphatic heterocycles. The second kappa shape index (κ2) is 5.80. The summed E-state index contributed by atoms with van der Waals surface area (Å²) in [4.78, 5) is 34.4. The van der Waals surface area contributed by atoms with Crippen LogP contribution in [0.4, 0.5) is 23.3 Å². The molecule has 1 aromatic carbocycles. The average molecular weight is 302 g/mol. The number of aromatic nitrogens is 3. The van der Waals surface area contributed by atoms with Crippen molar-refractivity contribution < 1.29 is 4.92 Å². The topological polar surface area (TPSA) is 117 Å². The van der Waals surface area contributed by atoms with E-state index >= 15 is 0 Å². The molecule has 114 valence electrons. The summed E-state index contributed by atoms with van der Waals surface area (Å²) in [6.45, 7) is 1.67. The fourth-order valence-electron chi connectivity index (χ4n) is 2.29. The second-order valence-corrected chi connectivity index (χ2v) is 4.93. The van der Waals surface area contributed by atoms with Crippen LogP contribution in [-0.4, -0.2) is 33.0 Å². The Morgan fingerprint density at radius 2 is 1.86 bits per heavy atom. The van der Waals surface area contributed by atoms with E-state index in [0.717, 1.165) is 25.9 Å². The maximum absolute atomic E-state index is 11.6. The smallest absolute Gasteiger partial charge is 0.341 e. The van der Waals surface area contributed by atoms with Gasteiger partial charge in [0.2, 0.25) is 11.9 Å². The Kier molecular flexibility index (Phi) is 3.69. The zero-order valence-electron chi connectivity index (χ0n) is 11.7. The van der Waals surface area contributed by atoms with E-state index in [1.165, 1.54) is 12.1 Å². The summed E-state index contributed by atoms with van der Waals surface area (Å²) in [6.07, 6.45) is 2.11. The Morgan fingerprint density at radius 3 is 2.50 bits per heavy atom. The zero-order chi connectivity index (χ0) is 15.5. The lowest BCUT2D eigenvalue weighted by atomic mass is 10.3. The van der Waals surface area contributed by atoms with E-state index < -0.39 is 10.6 Å². The van der Waals surface area contributed by atoms with Crippen LogP contribution in [0.1, 0.15) is 12.8 Å². The van der Waals surface area contributed by atoms with Crippen LogP contribution in [0.2, 0.25) is 0 Å². The summed E-state index contributed by atoms with van der Waals surface area (Å²) < 4.78 is 0. The van der Waals surface area contributed by atoms with Crippen LogP contribution in [0.15, 0.2) is 29.1 Å². The second-order valence-electron chi connectivity index (χ2n) is 4.93. The average Bonchev–Trinajstić information content (AvgIpc) is 3.01. The van der Waals surface area contributed by atoms with Gasteiger partial charge in [0.05, 0.1) is 4.92 Å². The lowest BCUT2D eigenvalue weighted by Gasteiger charge is -2.15. The highest BCUT2D eigenvalue weighted by molar-refractivity contribution is 5.56. The third-order valence-electron chi connectivity index (χ3n) is 3.37. The van der Waals surface area contributed by atoms with Crippen molar-refractivity contribution in [2.24, 2.45) is 0 Å². The molecule has 0 aliphatic carbocycles. The molecule has 0 radical (unpaired) electrons. The number of hydrogen-bond donors (Lipinski definition) is 2. The first-order valence-electron chi connectivity index (χ1n) is 6.86. The number of H-pyrrole nitrogens is 1. The van der Waals surface area contributed by atoms with Gasteiger partial charge in [-0.15, -0.1) is 0 Å². The Labute approximate surface area is 125 Å². The summed E-state index contributed by atoms with van der Waals surface area (Å²) in [5.41, 5.74) is 0.105. The first kappa shape index (κ1) is 14.0. The van der Waals surface area contributed by atoms with Gasteiger partial charge in [-0.3, -0.25) is 15.1 Å². The van der Waals surface area contributed by atoms with E-state index in [0.29, 0.717) is 11.6 Å². The van der Waals surface area contributed by atoms with Crippen LogP contribution in [0.3, 0.4) is 0 Å². The fraction of sp³-hybridized carbons (Fsp3) is 0.308. The lowest BCUT2D eigenvalue weighted by Crippen LogP contribution is -2.25. The van der Waals surface area contributed by atoms with Crippen molar-refractivity contribution in [1.82, 2.24) is 15.0 Å². The molecule has 0 saturated carbocycles. The molecule has 9 heteroatoms. The Bertz CT molecular complexity index is 736. The highest BCUT2D eigenvalue weighted by Crippen LogP contribution is 2.19. The van der Waals surface area contributed by atoms with E-state index in [4.69, 9.17) is 0 Å². The standard InChI is InChI=1S/C13H14N6O3/c20-13-16-11(15-12(17-13)18-7-1-2-8-18)14-9-3-5-10(6-4-9)19(21)22/h3-6H,1-2,7-8H2,(H2,14,15,16,17,20). The van der Waals surface area contributed by atoms with Gasteiger partial charge in [0.15, 0.2) is 0 Å². The van der Waals surface area contributed by atoms with Crippen molar-refractivity contribution in [3.63, 3.8) is 0 Å². The van der Waals surface area contributed by atoms with Gasteiger partial charge in [0.25, 0.3) is 5.69 Å². The van der Waals surface area contributed by atoms with Crippen molar-refractivity contribution in [2.45, 2.75) is 12.8 Å². The first-order chi connectivity index (χ1) is 10.6. The summed E-state index contributed by atoms with van der Waals surface area (Å²) in [5, 5.41) is 13.5. The Hall–Kier alpha value is -2.97. The van der Waals surface area contributed by atoms with Crippen molar-refractivity contribution in [1.29, 1.82) is 0 Å². The van der Waals surface area contributed by atoms with E-state index in [2.05, 4.69) is 20.3 Å². The van der Waals surface area contributed by atoms with Crippen LogP contribution in [-0.2, 0) is 0 Å². The fourth-order valence-corrected chi connectivity index (χ4v) is 2.29. The molecule has 22 heavy (non-hydrogen) atoms. The molecule has 1 saturated heterocycles. The van der Waals surface area contributed by atoms with Crippen molar-refractivity contribution >= 4 is 23.3 Å². The molecule has 1 aromatic heterocycles. The summed E-state index contributed by atoms with van der Waals surface area (Å²) >= 11 is 0. The number of aromatic amines is 1. The monoisotopic (exact) mass is 302 g/mol. The van der Waals surface area contributed by atoms with Crippen molar-refractivity contribution in [3.8, 4) is 0 Å². The molecule has 0 bridgehead atoms. The van der Waals surface area contributed by atoms with Crippen LogP contribution < -0.4 is 15.9 Å². The van der Waals surface area contributed by atoms with Crippen LogP contribution in [0, 0.1) is 10.1 Å². The number of nitrogens with zero attached hydrogens (tertiary/aromatic N) is 4. The van der Waals surface area contributed by atoms with Gasteiger partial charge < -0.3 is 10.2 Å². The van der Waals surface area contributed by atoms with Gasteiger partial charge in [-0.05, 0) is 25.0 Å². The molecular weight excluding hydrogens is 288 g/mol. The highest BCUT2D eigenvalue weighted by Gasteiger charge is 2.16. The first-order valence-corrected chi connectivity index (χ1v) is 6.86. The van der Waals surface area contributed by atoms with Gasteiger partial charge in [0, 0.05) is 30.9 Å². The number of rotatable bonds is 4. The SMILES string of the molecule is O=c1nc(N2CCCC2)nc(Nc2ccc([N+](=O)[O-])cc2)[nH]1. The molecule has 3 rings (SSSR count). The molecule has 2 heterocycles. The minimum atomic E-state index is -0.485. The molecule has 0 atom stereocenters. The predicted molar refractivity (Wildman–Crippen MR) is 80.5 cm³/mol. The minimum Gasteiger partial charge on any atom is -0.341 e. The number of nitro benzene ring substituents is 1. The molecule has 1 fully saturated rings. The third-order valence-corrected chi connectivity index (χ3v) is 3.37. The number of nitro groups is 1. The van der Waals surface area contributed by atoms with Gasteiger partial charge in [-0.25, -0.2) is 4.79 Å². The van der Waals surface area contributed by atoms with Crippen molar-refractivity contribution in [3.05, 3.63) is 44.9 Å². The van der Waals surface area contributed by atoms with Crippen LogP contribution in [0.25, 0.3) is 0 Å². The number of nitrogens with one attached hydrogen (secondary N) is 2. The van der Waals surface area contributed by atoms with Crippen LogP contribution in [0.5, 0.6) is 0 Å². The van der Waals surface area contributed by atoms with E-state index in [9.17, 15) is 14.9 Å². The lowest BCUT2D eigenvalue weighted by molar-refractivity contribution is -0.384. The van der Waals surface area contributed by atoms with Gasteiger partial charge in [-0.2, -0.15) is 9.97 Å². The molecule has 2 N–H and O–H groups in total. The number of anilines is 3.